The van der Waals surface area contributed by atoms with Crippen LogP contribution in [0.2, 0.25) is 0 Å². The molecule has 0 atom stereocenters. The van der Waals surface area contributed by atoms with E-state index in [9.17, 15) is 14.5 Å². The van der Waals surface area contributed by atoms with Gasteiger partial charge in [-0.15, -0.1) is 0 Å². The van der Waals surface area contributed by atoms with Crippen LogP contribution in [0, 0.1) is 4.91 Å². The van der Waals surface area contributed by atoms with E-state index >= 15 is 0 Å². The van der Waals surface area contributed by atoms with Crippen molar-refractivity contribution < 1.29 is 14.3 Å². The normalized spacial score (nSPS) is 9.53. The molecule has 1 aromatic rings. The van der Waals surface area contributed by atoms with Gasteiger partial charge in [0.15, 0.2) is 0 Å². The second-order valence-electron chi connectivity index (χ2n) is 3.60. The van der Waals surface area contributed by atoms with Crippen LogP contribution in [-0.4, -0.2) is 25.2 Å². The lowest BCUT2D eigenvalue weighted by Crippen LogP contribution is -2.34. The van der Waals surface area contributed by atoms with Crippen LogP contribution in [0.5, 0.6) is 0 Å². The molecule has 1 aromatic carbocycles. The fourth-order valence-corrected chi connectivity index (χ4v) is 1.31. The molecule has 0 saturated carbocycles. The number of nitroso groups, excluding NO2 is 1. The maximum absolute atomic E-state index is 11.4. The van der Waals surface area contributed by atoms with Gasteiger partial charge in [-0.2, -0.15) is 4.91 Å². The molecule has 2 N–H and O–H groups in total. The number of hydrogen-bond donors (Lipinski definition) is 2. The molecule has 0 spiro atoms. The number of nitrogens with zero attached hydrogens (tertiary/aromatic N) is 1. The van der Waals surface area contributed by atoms with E-state index in [2.05, 4.69) is 20.5 Å². The van der Waals surface area contributed by atoms with Crippen LogP contribution < -0.4 is 10.6 Å². The molecule has 0 fully saturated rings. The summed E-state index contributed by atoms with van der Waals surface area (Å²) >= 11 is 0. The highest BCUT2D eigenvalue weighted by atomic mass is 16.5. The molecule has 0 aliphatic heterocycles. The first-order valence-electron chi connectivity index (χ1n) is 5.74. The number of hydrogen-bond acceptors (Lipinski definition) is 5. The fourth-order valence-electron chi connectivity index (χ4n) is 1.31. The van der Waals surface area contributed by atoms with Gasteiger partial charge in [-0.1, -0.05) is 17.3 Å². The molecule has 1 rings (SSSR count). The smallest absolute Gasteiger partial charge is 0.325 e. The first-order valence-corrected chi connectivity index (χ1v) is 5.74. The highest BCUT2D eigenvalue weighted by Crippen LogP contribution is 2.09. The third-order valence-corrected chi connectivity index (χ3v) is 2.16. The van der Waals surface area contributed by atoms with E-state index in [1.165, 1.54) is 0 Å². The summed E-state index contributed by atoms with van der Waals surface area (Å²) in [5, 5.41) is 7.67. The van der Waals surface area contributed by atoms with Crippen molar-refractivity contribution in [3.05, 3.63) is 34.7 Å². The lowest BCUT2D eigenvalue weighted by atomic mass is 10.2. The standard InChI is InChI=1S/C12H15N3O4/c1-2-19-11(16)8-13-12(17)15-10-5-3-9(4-6-10)7-14-18/h3-6H,2,7-8H2,1H3,(H2,13,15,17). The van der Waals surface area contributed by atoms with Crippen LogP contribution in [0.15, 0.2) is 29.4 Å². The number of amides is 2. The monoisotopic (exact) mass is 265 g/mol. The van der Waals surface area contributed by atoms with Gasteiger partial charge in [0.1, 0.15) is 13.1 Å². The summed E-state index contributed by atoms with van der Waals surface area (Å²) in [6, 6.07) is 6.15. The van der Waals surface area contributed by atoms with Crippen molar-refractivity contribution in [2.75, 3.05) is 18.5 Å². The number of rotatable bonds is 6. The number of anilines is 1. The molecule has 19 heavy (non-hydrogen) atoms. The maximum atomic E-state index is 11.4. The number of carbonyl (C=O) groups is 2. The predicted octanol–water partition coefficient (Wildman–Crippen LogP) is 1.64. The molecule has 0 aliphatic carbocycles. The number of ether oxygens (including phenoxy) is 1. The van der Waals surface area contributed by atoms with E-state index in [0.717, 1.165) is 5.56 Å². The topological polar surface area (TPSA) is 96.9 Å². The number of nitrogens with one attached hydrogen (secondary N) is 2. The molecule has 102 valence electrons. The summed E-state index contributed by atoms with van der Waals surface area (Å²) in [6.45, 7) is 1.87. The number of benzene rings is 1. The van der Waals surface area contributed by atoms with E-state index in [4.69, 9.17) is 0 Å². The highest BCUT2D eigenvalue weighted by molar-refractivity contribution is 5.91. The van der Waals surface area contributed by atoms with E-state index in [1.54, 1.807) is 31.2 Å². The quantitative estimate of drug-likeness (QED) is 0.603. The average Bonchev–Trinajstić information content (AvgIpc) is 2.39. The van der Waals surface area contributed by atoms with Gasteiger partial charge in [-0.25, -0.2) is 4.79 Å². The third kappa shape index (κ3) is 5.62. The summed E-state index contributed by atoms with van der Waals surface area (Å²) < 4.78 is 4.66. The molecule has 0 bridgehead atoms. The largest absolute Gasteiger partial charge is 0.465 e. The molecule has 0 heterocycles. The van der Waals surface area contributed by atoms with Gasteiger partial charge in [0, 0.05) is 5.69 Å². The summed E-state index contributed by atoms with van der Waals surface area (Å²) in [5.74, 6) is -0.495. The third-order valence-electron chi connectivity index (χ3n) is 2.16. The SMILES string of the molecule is CCOC(=O)CNC(=O)Nc1ccc(CN=O)cc1. The molecule has 7 nitrogen and oxygen atoms in total. The number of esters is 1. The summed E-state index contributed by atoms with van der Waals surface area (Å²) in [4.78, 5) is 32.5. The van der Waals surface area contributed by atoms with Crippen molar-refractivity contribution in [3.63, 3.8) is 0 Å². The van der Waals surface area contributed by atoms with Crippen LogP contribution in [-0.2, 0) is 16.1 Å². The molecular formula is C12H15N3O4. The fraction of sp³-hybridized carbons (Fsp3) is 0.333. The van der Waals surface area contributed by atoms with E-state index in [-0.39, 0.29) is 19.7 Å². The Bertz CT molecular complexity index is 445. The average molecular weight is 265 g/mol. The second kappa shape index (κ2) is 7.80. The Kier molecular flexibility index (Phi) is 6.00. The van der Waals surface area contributed by atoms with Crippen LogP contribution in [0.4, 0.5) is 10.5 Å². The minimum Gasteiger partial charge on any atom is -0.465 e. The van der Waals surface area contributed by atoms with E-state index < -0.39 is 12.0 Å². The maximum Gasteiger partial charge on any atom is 0.325 e. The van der Waals surface area contributed by atoms with E-state index in [1.807, 2.05) is 0 Å². The van der Waals surface area contributed by atoms with Crippen molar-refractivity contribution in [3.8, 4) is 0 Å². The zero-order valence-corrected chi connectivity index (χ0v) is 10.5. The van der Waals surface area contributed by atoms with Crippen molar-refractivity contribution in [2.45, 2.75) is 13.5 Å². The first-order chi connectivity index (χ1) is 9.15. The summed E-state index contributed by atoms with van der Waals surface area (Å²) in [7, 11) is 0. The van der Waals surface area contributed by atoms with Gasteiger partial charge in [0.2, 0.25) is 0 Å². The summed E-state index contributed by atoms with van der Waals surface area (Å²) in [5.41, 5.74) is 1.31. The predicted molar refractivity (Wildman–Crippen MR) is 69.6 cm³/mol. The van der Waals surface area contributed by atoms with Gasteiger partial charge >= 0.3 is 12.0 Å². The Morgan fingerprint density at radius 2 is 1.95 bits per heavy atom. The highest BCUT2D eigenvalue weighted by Gasteiger charge is 2.05. The minimum atomic E-state index is -0.505. The molecule has 7 heteroatoms. The molecule has 0 aliphatic rings. The molecule has 2 amide bonds. The van der Waals surface area contributed by atoms with Crippen molar-refractivity contribution in [2.24, 2.45) is 5.18 Å². The van der Waals surface area contributed by atoms with Crippen molar-refractivity contribution in [1.29, 1.82) is 0 Å². The Balaban J connectivity index is 2.39. The summed E-state index contributed by atoms with van der Waals surface area (Å²) in [6.07, 6.45) is 0. The number of carbonyl (C=O) groups excluding carboxylic acids is 2. The van der Waals surface area contributed by atoms with Gasteiger partial charge in [0.05, 0.1) is 6.61 Å². The van der Waals surface area contributed by atoms with Crippen LogP contribution in [0.1, 0.15) is 12.5 Å². The molecule has 0 unspecified atom stereocenters. The van der Waals surface area contributed by atoms with Gasteiger partial charge in [-0.05, 0) is 24.6 Å². The molecule has 0 radical (unpaired) electrons. The Morgan fingerprint density at radius 3 is 2.53 bits per heavy atom. The lowest BCUT2D eigenvalue weighted by molar-refractivity contribution is -0.141. The number of urea groups is 1. The first kappa shape index (κ1) is 14.6. The van der Waals surface area contributed by atoms with Gasteiger partial charge in [-0.3, -0.25) is 4.79 Å². The van der Waals surface area contributed by atoms with E-state index in [0.29, 0.717) is 5.69 Å². The molecule has 0 aromatic heterocycles. The van der Waals surface area contributed by atoms with Crippen LogP contribution in [0.25, 0.3) is 0 Å². The lowest BCUT2D eigenvalue weighted by Gasteiger charge is -2.07. The van der Waals surface area contributed by atoms with Crippen LogP contribution >= 0.6 is 0 Å². The van der Waals surface area contributed by atoms with Crippen molar-refractivity contribution >= 4 is 17.7 Å². The van der Waals surface area contributed by atoms with Gasteiger partial charge in [0.25, 0.3) is 0 Å². The zero-order chi connectivity index (χ0) is 14.1. The Hall–Kier alpha value is -2.44. The zero-order valence-electron chi connectivity index (χ0n) is 10.5. The Labute approximate surface area is 110 Å². The molecule has 0 saturated heterocycles. The van der Waals surface area contributed by atoms with Crippen molar-refractivity contribution in [1.82, 2.24) is 5.32 Å². The van der Waals surface area contributed by atoms with Crippen LogP contribution in [0.3, 0.4) is 0 Å². The minimum absolute atomic E-state index is 0.0926. The second-order valence-corrected chi connectivity index (χ2v) is 3.60. The van der Waals surface area contributed by atoms with Gasteiger partial charge < -0.3 is 15.4 Å². The molecular weight excluding hydrogens is 250 g/mol. The Morgan fingerprint density at radius 1 is 1.26 bits per heavy atom.